The number of halogens is 2. The topological polar surface area (TPSA) is 35.5 Å². The third-order valence-electron chi connectivity index (χ3n) is 3.19. The number of ketones is 1. The lowest BCUT2D eigenvalue weighted by molar-refractivity contribution is 0.0211. The molecule has 0 aromatic heterocycles. The van der Waals surface area contributed by atoms with E-state index in [1.165, 1.54) is 19.2 Å². The van der Waals surface area contributed by atoms with Crippen molar-refractivity contribution in [2.45, 2.75) is 25.4 Å². The van der Waals surface area contributed by atoms with Gasteiger partial charge in [-0.3, -0.25) is 4.79 Å². The summed E-state index contributed by atoms with van der Waals surface area (Å²) in [6.45, 7) is 2.34. The number of methoxy groups -OCH3 is 1. The Hall–Kier alpha value is -0.940. The van der Waals surface area contributed by atoms with Gasteiger partial charge in [0.15, 0.2) is 5.78 Å². The molecule has 0 saturated carbocycles. The Bertz CT molecular complexity index is 481. The van der Waals surface area contributed by atoms with Gasteiger partial charge >= 0.3 is 0 Å². The third kappa shape index (κ3) is 2.29. The first-order valence-corrected chi connectivity index (χ1v) is 6.49. The Kier molecular flexibility index (Phi) is 3.73. The second kappa shape index (κ2) is 4.97. The minimum atomic E-state index is -0.829. The van der Waals surface area contributed by atoms with Gasteiger partial charge in [-0.1, -0.05) is 0 Å². The zero-order chi connectivity index (χ0) is 13.3. The zero-order valence-corrected chi connectivity index (χ0v) is 11.8. The summed E-state index contributed by atoms with van der Waals surface area (Å²) in [5.74, 6) is -0.393. The van der Waals surface area contributed by atoms with Gasteiger partial charge < -0.3 is 9.47 Å². The highest BCUT2D eigenvalue weighted by molar-refractivity contribution is 9.10. The quantitative estimate of drug-likeness (QED) is 0.802. The van der Waals surface area contributed by atoms with Crippen molar-refractivity contribution in [1.29, 1.82) is 0 Å². The Morgan fingerprint density at radius 2 is 2.28 bits per heavy atom. The Labute approximate surface area is 113 Å². The monoisotopic (exact) mass is 316 g/mol. The van der Waals surface area contributed by atoms with Crippen LogP contribution in [0.1, 0.15) is 30.1 Å². The van der Waals surface area contributed by atoms with Crippen LogP contribution in [0.3, 0.4) is 0 Å². The number of hydrogen-bond acceptors (Lipinski definition) is 3. The highest BCUT2D eigenvalue weighted by Gasteiger charge is 2.39. The molecule has 1 fully saturated rings. The molecule has 1 saturated heterocycles. The molecule has 0 radical (unpaired) electrons. The van der Waals surface area contributed by atoms with Crippen LogP contribution in [0.25, 0.3) is 0 Å². The molecule has 1 heterocycles. The van der Waals surface area contributed by atoms with Gasteiger partial charge in [-0.05, 0) is 41.8 Å². The van der Waals surface area contributed by atoms with Crippen molar-refractivity contribution in [3.05, 3.63) is 28.0 Å². The molecule has 1 unspecified atom stereocenters. The second-order valence-electron chi connectivity index (χ2n) is 4.48. The molecule has 0 amide bonds. The second-order valence-corrected chi connectivity index (χ2v) is 5.33. The fourth-order valence-corrected chi connectivity index (χ4v) is 2.46. The van der Waals surface area contributed by atoms with Crippen LogP contribution in [-0.4, -0.2) is 25.1 Å². The number of rotatable bonds is 3. The van der Waals surface area contributed by atoms with Gasteiger partial charge in [0, 0.05) is 12.7 Å². The van der Waals surface area contributed by atoms with E-state index in [-0.39, 0.29) is 16.0 Å². The first kappa shape index (κ1) is 13.5. The molecule has 0 bridgehead atoms. The number of ether oxygens (including phenoxy) is 2. The summed E-state index contributed by atoms with van der Waals surface area (Å²) in [5, 5.41) is 0. The minimum Gasteiger partial charge on any atom is -0.496 e. The average Bonchev–Trinajstić information content (AvgIpc) is 2.79. The SMILES string of the molecule is COc1cc(F)c(Br)cc1C(=O)C1(C)CCCO1. The van der Waals surface area contributed by atoms with Crippen LogP contribution in [0, 0.1) is 5.82 Å². The van der Waals surface area contributed by atoms with Crippen LogP contribution < -0.4 is 4.74 Å². The third-order valence-corrected chi connectivity index (χ3v) is 3.79. The summed E-state index contributed by atoms with van der Waals surface area (Å²) >= 11 is 3.08. The van der Waals surface area contributed by atoms with Crippen LogP contribution in [0.5, 0.6) is 5.75 Å². The molecule has 18 heavy (non-hydrogen) atoms. The van der Waals surface area contributed by atoms with Gasteiger partial charge in [-0.25, -0.2) is 4.39 Å². The molecule has 0 N–H and O–H groups in total. The lowest BCUT2D eigenvalue weighted by Gasteiger charge is -2.22. The van der Waals surface area contributed by atoms with E-state index in [0.29, 0.717) is 18.6 Å². The van der Waals surface area contributed by atoms with E-state index in [0.717, 1.165) is 6.42 Å². The predicted octanol–water partition coefficient (Wildman–Crippen LogP) is 3.35. The first-order chi connectivity index (χ1) is 8.48. The van der Waals surface area contributed by atoms with Gasteiger partial charge in [0.2, 0.25) is 0 Å². The summed E-state index contributed by atoms with van der Waals surface area (Å²) in [6, 6.07) is 2.65. The summed E-state index contributed by atoms with van der Waals surface area (Å²) in [4.78, 5) is 12.5. The minimum absolute atomic E-state index is 0.169. The van der Waals surface area contributed by atoms with Crippen LogP contribution in [0.4, 0.5) is 4.39 Å². The number of hydrogen-bond donors (Lipinski definition) is 0. The maximum absolute atomic E-state index is 13.4. The number of benzene rings is 1. The summed E-state index contributed by atoms with van der Waals surface area (Å²) in [7, 11) is 1.41. The molecular weight excluding hydrogens is 303 g/mol. The van der Waals surface area contributed by atoms with E-state index in [1.807, 2.05) is 0 Å². The normalized spacial score (nSPS) is 23.1. The molecule has 3 nitrogen and oxygen atoms in total. The van der Waals surface area contributed by atoms with Crippen LogP contribution in [0.2, 0.25) is 0 Å². The van der Waals surface area contributed by atoms with Gasteiger partial charge in [0.05, 0.1) is 17.1 Å². The zero-order valence-electron chi connectivity index (χ0n) is 10.3. The molecule has 0 spiro atoms. The standard InChI is InChI=1S/C13H14BrFO3/c1-13(4-3-5-18-13)12(16)8-6-9(14)10(15)7-11(8)17-2/h6-7H,3-5H2,1-2H3. The Morgan fingerprint density at radius 3 is 2.83 bits per heavy atom. The predicted molar refractivity (Wildman–Crippen MR) is 68.6 cm³/mol. The van der Waals surface area contributed by atoms with E-state index in [2.05, 4.69) is 15.9 Å². The van der Waals surface area contributed by atoms with E-state index >= 15 is 0 Å². The van der Waals surface area contributed by atoms with Crippen molar-refractivity contribution >= 4 is 21.7 Å². The van der Waals surface area contributed by atoms with E-state index < -0.39 is 11.4 Å². The summed E-state index contributed by atoms with van der Waals surface area (Å²) in [5.41, 5.74) is -0.486. The van der Waals surface area contributed by atoms with Gasteiger partial charge in [0.25, 0.3) is 0 Å². The highest BCUT2D eigenvalue weighted by Crippen LogP contribution is 2.34. The van der Waals surface area contributed by atoms with Crippen LogP contribution >= 0.6 is 15.9 Å². The lowest BCUT2D eigenvalue weighted by Crippen LogP contribution is -2.34. The van der Waals surface area contributed by atoms with Crippen molar-refractivity contribution in [2.24, 2.45) is 0 Å². The molecule has 1 atom stereocenters. The lowest BCUT2D eigenvalue weighted by atomic mass is 9.91. The molecule has 0 aliphatic carbocycles. The maximum atomic E-state index is 13.4. The number of Topliss-reactive ketones (excluding diaryl/α,β-unsaturated/α-hetero) is 1. The number of carbonyl (C=O) groups is 1. The van der Waals surface area contributed by atoms with Gasteiger partial charge in [0.1, 0.15) is 17.2 Å². The molecule has 1 aromatic rings. The van der Waals surface area contributed by atoms with Crippen molar-refractivity contribution in [3.8, 4) is 5.75 Å². The fourth-order valence-electron chi connectivity index (χ4n) is 2.12. The molecule has 98 valence electrons. The van der Waals surface area contributed by atoms with Gasteiger partial charge in [-0.15, -0.1) is 0 Å². The highest BCUT2D eigenvalue weighted by atomic mass is 79.9. The van der Waals surface area contributed by atoms with Crippen LogP contribution in [0.15, 0.2) is 16.6 Å². The smallest absolute Gasteiger partial charge is 0.198 e. The molecular formula is C13H14BrFO3. The van der Waals surface area contributed by atoms with E-state index in [4.69, 9.17) is 9.47 Å². The molecule has 2 rings (SSSR count). The van der Waals surface area contributed by atoms with Gasteiger partial charge in [-0.2, -0.15) is 0 Å². The van der Waals surface area contributed by atoms with Crippen molar-refractivity contribution in [2.75, 3.05) is 13.7 Å². The van der Waals surface area contributed by atoms with Crippen molar-refractivity contribution in [3.63, 3.8) is 0 Å². The largest absolute Gasteiger partial charge is 0.496 e. The molecule has 5 heteroatoms. The maximum Gasteiger partial charge on any atom is 0.198 e. The number of carbonyl (C=O) groups excluding carboxylic acids is 1. The Balaban J connectivity index is 2.44. The fraction of sp³-hybridized carbons (Fsp3) is 0.462. The average molecular weight is 317 g/mol. The molecule has 1 aromatic carbocycles. The van der Waals surface area contributed by atoms with E-state index in [9.17, 15) is 9.18 Å². The Morgan fingerprint density at radius 1 is 1.56 bits per heavy atom. The van der Waals surface area contributed by atoms with E-state index in [1.54, 1.807) is 6.92 Å². The van der Waals surface area contributed by atoms with Crippen molar-refractivity contribution < 1.29 is 18.7 Å². The summed E-state index contributed by atoms with van der Waals surface area (Å²) < 4.78 is 24.2. The van der Waals surface area contributed by atoms with Crippen molar-refractivity contribution in [1.82, 2.24) is 0 Å². The molecule has 1 aliphatic rings. The van der Waals surface area contributed by atoms with Crippen LogP contribution in [-0.2, 0) is 4.74 Å². The molecule has 1 aliphatic heterocycles. The first-order valence-electron chi connectivity index (χ1n) is 5.70. The summed E-state index contributed by atoms with van der Waals surface area (Å²) in [6.07, 6.45) is 1.52.